The van der Waals surface area contributed by atoms with Crippen LogP contribution in [0.15, 0.2) is 52.0 Å². The van der Waals surface area contributed by atoms with Gasteiger partial charge >= 0.3 is 0 Å². The molecule has 0 saturated heterocycles. The van der Waals surface area contributed by atoms with Gasteiger partial charge in [0.2, 0.25) is 0 Å². The van der Waals surface area contributed by atoms with E-state index in [1.165, 1.54) is 29.4 Å². The van der Waals surface area contributed by atoms with Crippen molar-refractivity contribution in [2.45, 2.75) is 4.90 Å². The molecule has 2 heterocycles. The van der Waals surface area contributed by atoms with E-state index in [1.54, 1.807) is 25.4 Å². The topological polar surface area (TPSA) is 74.7 Å². The zero-order valence-electron chi connectivity index (χ0n) is 11.0. The standard InChI is InChI=1S/C13H11FN4O2S/c1-15-18-12-10(14)5-2-6-11(12)21(19,20)17-13(18)9-4-3-7-16-8-9/h2-8,15H,1H3. The molecule has 1 aliphatic rings. The number of hydrogen-bond donors (Lipinski definition) is 1. The number of halogens is 1. The largest absolute Gasteiger partial charge is 0.286 e. The molecule has 0 saturated carbocycles. The maximum absolute atomic E-state index is 14.1. The summed E-state index contributed by atoms with van der Waals surface area (Å²) in [5.41, 5.74) is 3.14. The molecule has 1 aromatic heterocycles. The summed E-state index contributed by atoms with van der Waals surface area (Å²) in [6.07, 6.45) is 3.02. The molecule has 2 aromatic rings. The second kappa shape index (κ2) is 4.90. The van der Waals surface area contributed by atoms with Gasteiger partial charge in [0.25, 0.3) is 10.0 Å². The van der Waals surface area contributed by atoms with Crippen molar-refractivity contribution in [3.8, 4) is 0 Å². The highest BCUT2D eigenvalue weighted by Crippen LogP contribution is 2.33. The number of anilines is 1. The maximum atomic E-state index is 14.1. The number of para-hydroxylation sites is 1. The third-order valence-electron chi connectivity index (χ3n) is 3.01. The van der Waals surface area contributed by atoms with Crippen molar-refractivity contribution in [3.63, 3.8) is 0 Å². The molecule has 0 bridgehead atoms. The predicted molar refractivity (Wildman–Crippen MR) is 75.9 cm³/mol. The van der Waals surface area contributed by atoms with Crippen molar-refractivity contribution in [3.05, 3.63) is 54.1 Å². The molecular weight excluding hydrogens is 295 g/mol. The first kappa shape index (κ1) is 13.7. The van der Waals surface area contributed by atoms with Crippen molar-refractivity contribution >= 4 is 21.5 Å². The molecule has 0 amide bonds. The zero-order chi connectivity index (χ0) is 15.0. The van der Waals surface area contributed by atoms with Crippen LogP contribution < -0.4 is 10.4 Å². The third-order valence-corrected chi connectivity index (χ3v) is 4.31. The van der Waals surface area contributed by atoms with Crippen LogP contribution in [0.4, 0.5) is 10.1 Å². The summed E-state index contributed by atoms with van der Waals surface area (Å²) < 4.78 is 42.4. The monoisotopic (exact) mass is 306 g/mol. The lowest BCUT2D eigenvalue weighted by atomic mass is 10.2. The summed E-state index contributed by atoms with van der Waals surface area (Å²) in [5, 5.41) is 1.29. The van der Waals surface area contributed by atoms with E-state index in [2.05, 4.69) is 14.8 Å². The van der Waals surface area contributed by atoms with Crippen molar-refractivity contribution in [2.24, 2.45) is 4.40 Å². The van der Waals surface area contributed by atoms with Gasteiger partial charge < -0.3 is 0 Å². The Kier molecular flexibility index (Phi) is 3.19. The van der Waals surface area contributed by atoms with Gasteiger partial charge in [-0.15, -0.1) is 4.40 Å². The first-order chi connectivity index (χ1) is 10.0. The fourth-order valence-electron chi connectivity index (χ4n) is 2.12. The molecule has 108 valence electrons. The van der Waals surface area contributed by atoms with E-state index in [9.17, 15) is 12.8 Å². The lowest BCUT2D eigenvalue weighted by Crippen LogP contribution is -2.45. The quantitative estimate of drug-likeness (QED) is 0.905. The number of nitrogens with zero attached hydrogens (tertiary/aromatic N) is 3. The van der Waals surface area contributed by atoms with Crippen molar-refractivity contribution in [1.82, 2.24) is 10.4 Å². The van der Waals surface area contributed by atoms with Gasteiger partial charge in [-0.25, -0.2) is 9.82 Å². The first-order valence-corrected chi connectivity index (χ1v) is 7.50. The van der Waals surface area contributed by atoms with E-state index in [-0.39, 0.29) is 16.4 Å². The van der Waals surface area contributed by atoms with Crippen molar-refractivity contribution < 1.29 is 12.8 Å². The van der Waals surface area contributed by atoms with E-state index in [4.69, 9.17) is 0 Å². The Balaban J connectivity index is 2.29. The molecular formula is C13H11FN4O2S. The summed E-state index contributed by atoms with van der Waals surface area (Å²) in [6.45, 7) is 0. The molecule has 8 heteroatoms. The Bertz CT molecular complexity index is 821. The van der Waals surface area contributed by atoms with Crippen LogP contribution in [0, 0.1) is 5.82 Å². The van der Waals surface area contributed by atoms with Gasteiger partial charge in [0.1, 0.15) is 16.4 Å². The Labute approximate surface area is 121 Å². The maximum Gasteiger partial charge on any atom is 0.286 e. The fourth-order valence-corrected chi connectivity index (χ4v) is 3.32. The molecule has 1 aliphatic heterocycles. The lowest BCUT2D eigenvalue weighted by molar-refractivity contribution is 0.587. The Hall–Kier alpha value is -2.32. The summed E-state index contributed by atoms with van der Waals surface area (Å²) in [5.74, 6) is -0.579. The number of benzene rings is 1. The van der Waals surface area contributed by atoms with Gasteiger partial charge in [0.05, 0.1) is 0 Å². The Morgan fingerprint density at radius 2 is 2.05 bits per heavy atom. The normalized spacial score (nSPS) is 16.3. The number of hydrazine groups is 1. The second-order valence-corrected chi connectivity index (χ2v) is 5.85. The SMILES string of the molecule is CNN1C(c2cccnc2)=NS(=O)(=O)c2cccc(F)c21. The number of pyridine rings is 1. The number of aromatic nitrogens is 1. The van der Waals surface area contributed by atoms with Gasteiger partial charge in [0.15, 0.2) is 5.84 Å². The Morgan fingerprint density at radius 3 is 2.71 bits per heavy atom. The molecule has 6 nitrogen and oxygen atoms in total. The minimum Gasteiger partial charge on any atom is -0.264 e. The molecule has 0 aliphatic carbocycles. The highest BCUT2D eigenvalue weighted by atomic mass is 32.2. The highest BCUT2D eigenvalue weighted by molar-refractivity contribution is 7.90. The molecule has 0 unspecified atom stereocenters. The van der Waals surface area contributed by atoms with Gasteiger partial charge in [-0.05, 0) is 24.3 Å². The van der Waals surface area contributed by atoms with Crippen LogP contribution in [0.1, 0.15) is 5.56 Å². The molecule has 0 atom stereocenters. The number of fused-ring (bicyclic) bond motifs is 1. The van der Waals surface area contributed by atoms with Crippen LogP contribution >= 0.6 is 0 Å². The van der Waals surface area contributed by atoms with Crippen LogP contribution in [-0.4, -0.2) is 26.3 Å². The van der Waals surface area contributed by atoms with E-state index in [1.807, 2.05) is 0 Å². The molecule has 0 radical (unpaired) electrons. The summed E-state index contributed by atoms with van der Waals surface area (Å²) in [7, 11) is -2.41. The summed E-state index contributed by atoms with van der Waals surface area (Å²) in [6, 6.07) is 7.16. The molecule has 1 N–H and O–H groups in total. The van der Waals surface area contributed by atoms with Crippen molar-refractivity contribution in [2.75, 3.05) is 12.1 Å². The van der Waals surface area contributed by atoms with E-state index in [0.29, 0.717) is 5.56 Å². The average Bonchev–Trinajstić information content (AvgIpc) is 2.48. The smallest absolute Gasteiger partial charge is 0.264 e. The number of rotatable bonds is 2. The van der Waals surface area contributed by atoms with Gasteiger partial charge in [-0.2, -0.15) is 8.42 Å². The predicted octanol–water partition coefficient (Wildman–Crippen LogP) is 1.31. The molecule has 21 heavy (non-hydrogen) atoms. The van der Waals surface area contributed by atoms with Crippen LogP contribution in [0.3, 0.4) is 0 Å². The summed E-state index contributed by atoms with van der Waals surface area (Å²) in [4.78, 5) is 3.75. The highest BCUT2D eigenvalue weighted by Gasteiger charge is 2.33. The van der Waals surface area contributed by atoms with Gasteiger partial charge in [0, 0.05) is 25.0 Å². The van der Waals surface area contributed by atoms with E-state index >= 15 is 0 Å². The Morgan fingerprint density at radius 1 is 1.24 bits per heavy atom. The summed E-state index contributed by atoms with van der Waals surface area (Å²) >= 11 is 0. The average molecular weight is 306 g/mol. The number of nitrogens with one attached hydrogen (secondary N) is 1. The number of hydrogen-bond acceptors (Lipinski definition) is 5. The zero-order valence-corrected chi connectivity index (χ0v) is 11.8. The molecule has 1 aromatic carbocycles. The van der Waals surface area contributed by atoms with Gasteiger partial charge in [-0.3, -0.25) is 9.99 Å². The third kappa shape index (κ3) is 2.18. The lowest BCUT2D eigenvalue weighted by Gasteiger charge is -2.29. The van der Waals surface area contributed by atoms with Crippen molar-refractivity contribution in [1.29, 1.82) is 0 Å². The van der Waals surface area contributed by atoms with E-state index in [0.717, 1.165) is 0 Å². The van der Waals surface area contributed by atoms with Crippen LogP contribution in [0.5, 0.6) is 0 Å². The minimum atomic E-state index is -3.97. The van der Waals surface area contributed by atoms with Crippen LogP contribution in [0.2, 0.25) is 0 Å². The van der Waals surface area contributed by atoms with Crippen LogP contribution in [0.25, 0.3) is 0 Å². The number of sulfonamides is 1. The fraction of sp³-hybridized carbons (Fsp3) is 0.0769. The molecule has 0 fully saturated rings. The molecule has 0 spiro atoms. The van der Waals surface area contributed by atoms with E-state index < -0.39 is 15.8 Å². The molecule has 3 rings (SSSR count). The minimum absolute atomic E-state index is 0.0724. The second-order valence-electron chi connectivity index (χ2n) is 4.28. The first-order valence-electron chi connectivity index (χ1n) is 6.06. The number of amidine groups is 1. The van der Waals surface area contributed by atoms with Crippen LogP contribution in [-0.2, 0) is 10.0 Å². The van der Waals surface area contributed by atoms with Gasteiger partial charge in [-0.1, -0.05) is 6.07 Å².